The maximum atomic E-state index is 12.0. The molecule has 0 amide bonds. The van der Waals surface area contributed by atoms with Gasteiger partial charge in [0.2, 0.25) is 0 Å². The number of hydrogen-bond donors (Lipinski definition) is 0. The van der Waals surface area contributed by atoms with Gasteiger partial charge >= 0.3 is 11.9 Å². The second-order valence-electron chi connectivity index (χ2n) is 4.83. The van der Waals surface area contributed by atoms with Crippen LogP contribution in [0.4, 0.5) is 0 Å². The first-order valence-corrected chi connectivity index (χ1v) is 6.87. The molecule has 1 saturated heterocycles. The average molecular weight is 278 g/mol. The normalized spacial score (nSPS) is 25.4. The molecule has 4 nitrogen and oxygen atoms in total. The molecule has 4 heteroatoms. The van der Waals surface area contributed by atoms with Gasteiger partial charge in [0, 0.05) is 0 Å². The minimum Gasteiger partial charge on any atom is -0.465 e. The third-order valence-electron chi connectivity index (χ3n) is 3.03. The van der Waals surface area contributed by atoms with E-state index in [1.54, 1.807) is 13.0 Å². The fourth-order valence-corrected chi connectivity index (χ4v) is 2.19. The highest BCUT2D eigenvalue weighted by Crippen LogP contribution is 2.22. The molecule has 1 aliphatic heterocycles. The summed E-state index contributed by atoms with van der Waals surface area (Å²) >= 11 is 0. The Morgan fingerprint density at radius 3 is 2.85 bits per heavy atom. The Labute approximate surface area is 120 Å². The van der Waals surface area contributed by atoms with Crippen LogP contribution in [-0.2, 0) is 19.1 Å². The zero-order chi connectivity index (χ0) is 15.0. The van der Waals surface area contributed by atoms with Crippen LogP contribution in [0.5, 0.6) is 0 Å². The van der Waals surface area contributed by atoms with Crippen molar-refractivity contribution in [1.29, 1.82) is 0 Å². The summed E-state index contributed by atoms with van der Waals surface area (Å²) in [5, 5.41) is 0. The van der Waals surface area contributed by atoms with Crippen LogP contribution in [0, 0.1) is 5.92 Å². The van der Waals surface area contributed by atoms with E-state index in [4.69, 9.17) is 9.47 Å². The Kier molecular flexibility index (Phi) is 6.77. The van der Waals surface area contributed by atoms with Crippen molar-refractivity contribution in [2.45, 2.75) is 39.2 Å². The molecule has 20 heavy (non-hydrogen) atoms. The van der Waals surface area contributed by atoms with E-state index < -0.39 is 0 Å². The first-order valence-electron chi connectivity index (χ1n) is 6.87. The van der Waals surface area contributed by atoms with Gasteiger partial charge in [-0.15, -0.1) is 0 Å². The summed E-state index contributed by atoms with van der Waals surface area (Å²) in [5.74, 6) is -0.894. The molecule has 1 aliphatic rings. The van der Waals surface area contributed by atoms with Crippen LogP contribution in [0.1, 0.15) is 33.1 Å². The molecule has 0 saturated carbocycles. The molecule has 0 aromatic carbocycles. The van der Waals surface area contributed by atoms with Gasteiger partial charge in [0.25, 0.3) is 0 Å². The maximum Gasteiger partial charge on any atom is 0.309 e. The van der Waals surface area contributed by atoms with E-state index >= 15 is 0 Å². The van der Waals surface area contributed by atoms with Gasteiger partial charge in [-0.25, -0.2) is 0 Å². The third-order valence-corrected chi connectivity index (χ3v) is 3.03. The lowest BCUT2D eigenvalue weighted by Crippen LogP contribution is -2.22. The predicted octanol–water partition coefficient (Wildman–Crippen LogP) is 2.95. The largest absolute Gasteiger partial charge is 0.465 e. The molecule has 1 fully saturated rings. The second kappa shape index (κ2) is 8.35. The van der Waals surface area contributed by atoms with E-state index in [-0.39, 0.29) is 37.0 Å². The van der Waals surface area contributed by atoms with Crippen LogP contribution in [0.2, 0.25) is 0 Å². The quantitative estimate of drug-likeness (QED) is 0.586. The molecular formula is C16H22O4. The van der Waals surface area contributed by atoms with Crippen molar-refractivity contribution in [1.82, 2.24) is 0 Å². The summed E-state index contributed by atoms with van der Waals surface area (Å²) in [7, 11) is 0. The van der Waals surface area contributed by atoms with Crippen molar-refractivity contribution < 1.29 is 19.1 Å². The molecule has 0 N–H and O–H groups in total. The van der Waals surface area contributed by atoms with E-state index in [1.807, 2.05) is 25.2 Å². The Bertz CT molecular complexity index is 420. The minimum absolute atomic E-state index is 0.0883. The topological polar surface area (TPSA) is 52.6 Å². The predicted molar refractivity (Wildman–Crippen MR) is 76.9 cm³/mol. The van der Waals surface area contributed by atoms with Crippen LogP contribution in [0.3, 0.4) is 0 Å². The lowest BCUT2D eigenvalue weighted by atomic mass is 9.93. The summed E-state index contributed by atoms with van der Waals surface area (Å²) in [6, 6.07) is 0. The molecule has 0 spiro atoms. The number of esters is 2. The van der Waals surface area contributed by atoms with Gasteiger partial charge in [-0.1, -0.05) is 30.9 Å². The zero-order valence-corrected chi connectivity index (χ0v) is 12.1. The van der Waals surface area contributed by atoms with E-state index in [0.717, 1.165) is 5.57 Å². The van der Waals surface area contributed by atoms with Crippen LogP contribution in [-0.4, -0.2) is 24.6 Å². The summed E-state index contributed by atoms with van der Waals surface area (Å²) in [4.78, 5) is 23.4. The fraction of sp³-hybridized carbons (Fsp3) is 0.500. The fourth-order valence-electron chi connectivity index (χ4n) is 2.19. The van der Waals surface area contributed by atoms with Crippen LogP contribution >= 0.6 is 0 Å². The van der Waals surface area contributed by atoms with Crippen molar-refractivity contribution in [3.05, 3.63) is 36.5 Å². The maximum absolute atomic E-state index is 12.0. The van der Waals surface area contributed by atoms with E-state index in [9.17, 15) is 9.59 Å². The standard InChI is InChI=1S/C16H22O4/c1-4-6-13(7-5-2)11-14-10-12(3)20-15(17)8-9-19-16(14)18/h4-7,12,14H,1,8-11H2,2-3H3/b7-5-,13-6+/t12-,14-/m0/s1. The summed E-state index contributed by atoms with van der Waals surface area (Å²) in [5.41, 5.74) is 1.00. The molecule has 0 unspecified atom stereocenters. The average Bonchev–Trinajstić information content (AvgIpc) is 2.42. The van der Waals surface area contributed by atoms with E-state index in [1.165, 1.54) is 0 Å². The molecule has 0 bridgehead atoms. The summed E-state index contributed by atoms with van der Waals surface area (Å²) in [6.45, 7) is 7.48. The SMILES string of the molecule is C=C/C=C(\C=C/C)C[C@@H]1C[C@H](C)OC(=O)CCOC1=O. The number of cyclic esters (lactones) is 2. The smallest absolute Gasteiger partial charge is 0.309 e. The lowest BCUT2D eigenvalue weighted by Gasteiger charge is -2.18. The highest BCUT2D eigenvalue weighted by Gasteiger charge is 2.26. The molecule has 0 radical (unpaired) electrons. The second-order valence-corrected chi connectivity index (χ2v) is 4.83. The molecule has 1 rings (SSSR count). The molecule has 0 aliphatic carbocycles. The van der Waals surface area contributed by atoms with Crippen molar-refractivity contribution in [2.24, 2.45) is 5.92 Å². The Morgan fingerprint density at radius 2 is 2.20 bits per heavy atom. The van der Waals surface area contributed by atoms with Crippen molar-refractivity contribution >= 4 is 11.9 Å². The van der Waals surface area contributed by atoms with Crippen LogP contribution in [0.25, 0.3) is 0 Å². The Hall–Kier alpha value is -1.84. The first kappa shape index (κ1) is 16.2. The van der Waals surface area contributed by atoms with Gasteiger partial charge in [-0.3, -0.25) is 9.59 Å². The van der Waals surface area contributed by atoms with Gasteiger partial charge < -0.3 is 9.47 Å². The number of hydrogen-bond acceptors (Lipinski definition) is 4. The van der Waals surface area contributed by atoms with Gasteiger partial charge in [-0.2, -0.15) is 0 Å². The van der Waals surface area contributed by atoms with Crippen LogP contribution < -0.4 is 0 Å². The number of carbonyl (C=O) groups is 2. The molecule has 0 aromatic heterocycles. The molecule has 2 atom stereocenters. The van der Waals surface area contributed by atoms with Crippen molar-refractivity contribution in [2.75, 3.05) is 6.61 Å². The van der Waals surface area contributed by atoms with Crippen molar-refractivity contribution in [3.63, 3.8) is 0 Å². The lowest BCUT2D eigenvalue weighted by molar-refractivity contribution is -0.149. The Morgan fingerprint density at radius 1 is 1.45 bits per heavy atom. The zero-order valence-electron chi connectivity index (χ0n) is 12.1. The Balaban J connectivity index is 2.82. The van der Waals surface area contributed by atoms with Gasteiger partial charge in [0.1, 0.15) is 6.61 Å². The van der Waals surface area contributed by atoms with E-state index in [2.05, 4.69) is 6.58 Å². The van der Waals surface area contributed by atoms with Gasteiger partial charge in [0.05, 0.1) is 18.4 Å². The number of allylic oxidation sites excluding steroid dienone is 5. The number of ether oxygens (including phenoxy) is 2. The van der Waals surface area contributed by atoms with E-state index in [0.29, 0.717) is 12.8 Å². The summed E-state index contributed by atoms with van der Waals surface area (Å²) in [6.07, 6.45) is 8.28. The monoisotopic (exact) mass is 278 g/mol. The summed E-state index contributed by atoms with van der Waals surface area (Å²) < 4.78 is 10.4. The number of carbonyl (C=O) groups excluding carboxylic acids is 2. The molecular weight excluding hydrogens is 256 g/mol. The molecule has 110 valence electrons. The molecule has 0 aromatic rings. The third kappa shape index (κ3) is 5.43. The highest BCUT2D eigenvalue weighted by atomic mass is 16.6. The first-order chi connectivity index (χ1) is 9.56. The van der Waals surface area contributed by atoms with Gasteiger partial charge in [-0.05, 0) is 32.3 Å². The highest BCUT2D eigenvalue weighted by molar-refractivity contribution is 5.75. The minimum atomic E-state index is -0.318. The van der Waals surface area contributed by atoms with Crippen molar-refractivity contribution in [3.8, 4) is 0 Å². The van der Waals surface area contributed by atoms with Gasteiger partial charge in [0.15, 0.2) is 0 Å². The number of rotatable bonds is 4. The van der Waals surface area contributed by atoms with Crippen LogP contribution in [0.15, 0.2) is 36.5 Å². The molecule has 1 heterocycles.